The Morgan fingerprint density at radius 1 is 0.867 bits per heavy atom. The third-order valence-corrected chi connectivity index (χ3v) is 5.16. The van der Waals surface area contributed by atoms with Crippen molar-refractivity contribution in [2.75, 3.05) is 0 Å². The van der Waals surface area contributed by atoms with E-state index in [4.69, 9.17) is 20.4 Å². The zero-order valence-corrected chi connectivity index (χ0v) is 18.1. The van der Waals surface area contributed by atoms with Crippen molar-refractivity contribution >= 4 is 39.5 Å². The molecule has 0 aliphatic rings. The molecule has 30 heavy (non-hydrogen) atoms. The molecule has 0 fully saturated rings. The number of rotatable bonds is 6. The molecule has 0 unspecified atom stereocenters. The van der Waals surface area contributed by atoms with E-state index < -0.39 is 0 Å². The van der Waals surface area contributed by atoms with Crippen LogP contribution in [0, 0.1) is 0 Å². The average Bonchev–Trinajstić information content (AvgIpc) is 3.42. The van der Waals surface area contributed by atoms with Crippen LogP contribution in [0.15, 0.2) is 92.2 Å². The number of carbonyl (C=O) groups is 1. The summed E-state index contributed by atoms with van der Waals surface area (Å²) in [6.07, 6.45) is 3.06. The molecule has 6 heteroatoms. The lowest BCUT2D eigenvalue weighted by Gasteiger charge is -2.00. The highest BCUT2D eigenvalue weighted by Gasteiger charge is 2.07. The van der Waals surface area contributed by atoms with E-state index >= 15 is 0 Å². The van der Waals surface area contributed by atoms with Crippen LogP contribution in [-0.2, 0) is 11.3 Å². The topological polar surface area (TPSA) is 55.4 Å². The Morgan fingerprint density at radius 2 is 1.50 bits per heavy atom. The Morgan fingerprint density at radius 3 is 2.23 bits per heavy atom. The molecule has 150 valence electrons. The lowest BCUT2D eigenvalue weighted by molar-refractivity contribution is -0.116. The fraction of sp³-hybridized carbons (Fsp3) is 0.0417. The van der Waals surface area contributed by atoms with Gasteiger partial charge < -0.3 is 14.2 Å². The molecule has 0 aliphatic carbocycles. The van der Waals surface area contributed by atoms with E-state index in [9.17, 15) is 4.79 Å². The second kappa shape index (κ2) is 9.20. The van der Waals surface area contributed by atoms with E-state index in [-0.39, 0.29) is 5.91 Å². The van der Waals surface area contributed by atoms with Crippen LogP contribution >= 0.6 is 27.5 Å². The number of carbonyl (C=O) groups excluding carboxylic acids is 1. The number of amides is 1. The van der Waals surface area contributed by atoms with Crippen molar-refractivity contribution in [1.29, 1.82) is 0 Å². The van der Waals surface area contributed by atoms with Gasteiger partial charge in [-0.05, 0) is 66.7 Å². The van der Waals surface area contributed by atoms with E-state index in [1.54, 1.807) is 18.2 Å². The number of benzene rings is 2. The highest BCUT2D eigenvalue weighted by atomic mass is 79.9. The molecular weight excluding hydrogens is 466 g/mol. The summed E-state index contributed by atoms with van der Waals surface area (Å²) in [6.45, 7) is 0.299. The zero-order valence-electron chi connectivity index (χ0n) is 15.8. The molecule has 4 aromatic rings. The van der Waals surface area contributed by atoms with Crippen LogP contribution in [0.5, 0.6) is 0 Å². The Hall–Kier alpha value is -3.02. The van der Waals surface area contributed by atoms with E-state index in [0.717, 1.165) is 21.4 Å². The van der Waals surface area contributed by atoms with E-state index in [1.807, 2.05) is 60.7 Å². The normalized spacial score (nSPS) is 11.1. The summed E-state index contributed by atoms with van der Waals surface area (Å²) in [7, 11) is 0. The fourth-order valence-electron chi connectivity index (χ4n) is 2.84. The van der Waals surface area contributed by atoms with Gasteiger partial charge in [0.1, 0.15) is 23.0 Å². The van der Waals surface area contributed by atoms with E-state index in [2.05, 4.69) is 21.2 Å². The SMILES string of the molecule is O=C(/C=C/c1ccc(-c2ccc(Cl)cc2)o1)NCc1ccc(-c2ccc(Br)cc2)o1. The summed E-state index contributed by atoms with van der Waals surface area (Å²) < 4.78 is 12.6. The average molecular weight is 483 g/mol. The van der Waals surface area contributed by atoms with Gasteiger partial charge in [-0.15, -0.1) is 0 Å². The lowest BCUT2D eigenvalue weighted by Crippen LogP contribution is -2.19. The van der Waals surface area contributed by atoms with Gasteiger partial charge in [-0.25, -0.2) is 0 Å². The zero-order chi connectivity index (χ0) is 20.9. The number of nitrogens with one attached hydrogen (secondary N) is 1. The summed E-state index contributed by atoms with van der Waals surface area (Å²) in [5, 5.41) is 3.47. The summed E-state index contributed by atoms with van der Waals surface area (Å²) in [5.74, 6) is 2.50. The molecule has 0 saturated carbocycles. The Labute approximate surface area is 187 Å². The molecule has 0 bridgehead atoms. The van der Waals surface area contributed by atoms with Gasteiger partial charge in [0, 0.05) is 26.7 Å². The van der Waals surface area contributed by atoms with E-state index in [0.29, 0.717) is 28.8 Å². The molecular formula is C24H17BrClNO3. The fourth-order valence-corrected chi connectivity index (χ4v) is 3.24. The molecule has 0 saturated heterocycles. The van der Waals surface area contributed by atoms with Crippen LogP contribution in [0.1, 0.15) is 11.5 Å². The molecule has 0 radical (unpaired) electrons. The Bertz CT molecular complexity index is 1170. The van der Waals surface area contributed by atoms with Crippen molar-refractivity contribution in [1.82, 2.24) is 5.32 Å². The van der Waals surface area contributed by atoms with Gasteiger partial charge in [0.05, 0.1) is 6.54 Å². The highest BCUT2D eigenvalue weighted by Crippen LogP contribution is 2.25. The van der Waals surface area contributed by atoms with Crippen molar-refractivity contribution in [3.05, 3.63) is 99.9 Å². The number of hydrogen-bond donors (Lipinski definition) is 1. The van der Waals surface area contributed by atoms with Crippen LogP contribution in [-0.4, -0.2) is 5.91 Å². The van der Waals surface area contributed by atoms with Crippen molar-refractivity contribution in [2.24, 2.45) is 0 Å². The monoisotopic (exact) mass is 481 g/mol. The van der Waals surface area contributed by atoms with Crippen molar-refractivity contribution in [3.63, 3.8) is 0 Å². The first-order chi connectivity index (χ1) is 14.6. The molecule has 1 amide bonds. The third kappa shape index (κ3) is 5.12. The minimum absolute atomic E-state index is 0.235. The number of hydrogen-bond acceptors (Lipinski definition) is 3. The summed E-state index contributed by atoms with van der Waals surface area (Å²) >= 11 is 9.32. The first kappa shape index (κ1) is 20.3. The molecule has 4 nitrogen and oxygen atoms in total. The van der Waals surface area contributed by atoms with Crippen LogP contribution < -0.4 is 5.32 Å². The van der Waals surface area contributed by atoms with Crippen LogP contribution in [0.4, 0.5) is 0 Å². The molecule has 0 atom stereocenters. The van der Waals surface area contributed by atoms with E-state index in [1.165, 1.54) is 6.08 Å². The van der Waals surface area contributed by atoms with Gasteiger partial charge in [-0.3, -0.25) is 4.79 Å². The van der Waals surface area contributed by atoms with Crippen LogP contribution in [0.3, 0.4) is 0 Å². The predicted molar refractivity (Wildman–Crippen MR) is 122 cm³/mol. The minimum atomic E-state index is -0.235. The van der Waals surface area contributed by atoms with Gasteiger partial charge in [0.25, 0.3) is 0 Å². The van der Waals surface area contributed by atoms with Crippen molar-refractivity contribution < 1.29 is 13.6 Å². The molecule has 1 N–H and O–H groups in total. The van der Waals surface area contributed by atoms with Gasteiger partial charge >= 0.3 is 0 Å². The van der Waals surface area contributed by atoms with Crippen molar-refractivity contribution in [3.8, 4) is 22.6 Å². The molecule has 2 heterocycles. The van der Waals surface area contributed by atoms with Gasteiger partial charge in [0.2, 0.25) is 5.91 Å². The van der Waals surface area contributed by atoms with Crippen LogP contribution in [0.25, 0.3) is 28.7 Å². The predicted octanol–water partition coefficient (Wildman–Crippen LogP) is 6.95. The molecule has 4 rings (SSSR count). The number of halogens is 2. The third-order valence-electron chi connectivity index (χ3n) is 4.38. The minimum Gasteiger partial charge on any atom is -0.459 e. The second-order valence-corrected chi connectivity index (χ2v) is 7.89. The summed E-state index contributed by atoms with van der Waals surface area (Å²) in [6, 6.07) is 22.6. The van der Waals surface area contributed by atoms with Crippen molar-refractivity contribution in [2.45, 2.75) is 6.54 Å². The molecule has 0 spiro atoms. The quantitative estimate of drug-likeness (QED) is 0.302. The molecule has 2 aromatic carbocycles. The molecule has 2 aromatic heterocycles. The van der Waals surface area contributed by atoms with Gasteiger partial charge in [0.15, 0.2) is 0 Å². The first-order valence-electron chi connectivity index (χ1n) is 9.23. The van der Waals surface area contributed by atoms with Gasteiger partial charge in [-0.1, -0.05) is 39.7 Å². The maximum Gasteiger partial charge on any atom is 0.244 e. The Kier molecular flexibility index (Phi) is 6.21. The molecule has 0 aliphatic heterocycles. The van der Waals surface area contributed by atoms with Crippen LogP contribution in [0.2, 0.25) is 5.02 Å². The summed E-state index contributed by atoms with van der Waals surface area (Å²) in [5.41, 5.74) is 1.90. The maximum absolute atomic E-state index is 12.1. The largest absolute Gasteiger partial charge is 0.459 e. The first-order valence-corrected chi connectivity index (χ1v) is 10.4. The standard InChI is InChI=1S/C24H17BrClNO3/c25-18-5-1-16(2-6-18)23-13-10-21(30-23)15-27-24(28)14-11-20-9-12-22(29-20)17-3-7-19(26)8-4-17/h1-14H,15H2,(H,27,28)/b14-11+. The van der Waals surface area contributed by atoms with Gasteiger partial charge in [-0.2, -0.15) is 0 Å². The Balaban J connectivity index is 1.32. The maximum atomic E-state index is 12.1. The lowest BCUT2D eigenvalue weighted by atomic mass is 10.2. The smallest absolute Gasteiger partial charge is 0.244 e. The number of furan rings is 2. The summed E-state index contributed by atoms with van der Waals surface area (Å²) in [4.78, 5) is 12.1. The highest BCUT2D eigenvalue weighted by molar-refractivity contribution is 9.10. The second-order valence-electron chi connectivity index (χ2n) is 6.53.